The summed E-state index contributed by atoms with van der Waals surface area (Å²) in [6, 6.07) is 3.82. The second kappa shape index (κ2) is 8.46. The van der Waals surface area contributed by atoms with Crippen molar-refractivity contribution in [1.82, 2.24) is 30.4 Å². The van der Waals surface area contributed by atoms with Crippen LogP contribution >= 0.6 is 11.6 Å². The fourth-order valence-corrected chi connectivity index (χ4v) is 3.50. The van der Waals surface area contributed by atoms with Crippen molar-refractivity contribution in [2.75, 3.05) is 6.54 Å². The number of amides is 2. The molecule has 1 aromatic heterocycles. The highest BCUT2D eigenvalue weighted by Crippen LogP contribution is 2.25. The first-order valence-corrected chi connectivity index (χ1v) is 9.77. The molecule has 9 nitrogen and oxygen atoms in total. The van der Waals surface area contributed by atoms with E-state index in [2.05, 4.69) is 20.8 Å². The van der Waals surface area contributed by atoms with Crippen molar-refractivity contribution in [3.05, 3.63) is 35.1 Å². The van der Waals surface area contributed by atoms with Gasteiger partial charge in [0.15, 0.2) is 0 Å². The fraction of sp³-hybridized carbons (Fsp3) is 0.526. The van der Waals surface area contributed by atoms with Gasteiger partial charge in [0, 0.05) is 19.5 Å². The number of hydrogen-bond acceptors (Lipinski definition) is 6. The minimum atomic E-state index is -0.831. The second-order valence-corrected chi connectivity index (χ2v) is 8.34. The Morgan fingerprint density at radius 1 is 1.48 bits per heavy atom. The number of nitrogens with zero attached hydrogens (tertiary/aromatic N) is 5. The van der Waals surface area contributed by atoms with Crippen LogP contribution in [0.1, 0.15) is 40.5 Å². The maximum Gasteiger partial charge on any atom is 0.243 e. The van der Waals surface area contributed by atoms with Gasteiger partial charge in [-0.2, -0.15) is 0 Å². The largest absolute Gasteiger partial charge is 0.350 e. The van der Waals surface area contributed by atoms with Crippen LogP contribution < -0.4 is 11.1 Å². The minimum absolute atomic E-state index is 0.0271. The number of likely N-dealkylation sites (tertiary alicyclic amines) is 1. The topological polar surface area (TPSA) is 119 Å². The average molecular weight is 421 g/mol. The van der Waals surface area contributed by atoms with Crippen LogP contribution in [-0.2, 0) is 16.1 Å². The number of rotatable bonds is 5. The van der Waals surface area contributed by atoms with Crippen LogP contribution in [0.25, 0.3) is 5.69 Å². The Hall–Kier alpha value is -2.52. The molecule has 1 saturated heterocycles. The summed E-state index contributed by atoms with van der Waals surface area (Å²) in [6.07, 6.45) is 2.76. The van der Waals surface area contributed by atoms with Gasteiger partial charge in [0.05, 0.1) is 11.7 Å². The van der Waals surface area contributed by atoms with Crippen molar-refractivity contribution in [3.8, 4) is 5.69 Å². The van der Waals surface area contributed by atoms with Gasteiger partial charge >= 0.3 is 0 Å². The number of tetrazole rings is 1. The standard InChI is InChI=1S/C19H26ClN7O2/c1-19(2,3)16(21)18(29)26-8-4-5-15(26)17(28)22-10-12-9-13(20)6-7-14(12)27-11-23-24-25-27/h6-7,9,11,15-16H,4-5,8,10,21H2,1-3H3,(H,22,28)/t15-,16+/m0/s1/i1D. The van der Waals surface area contributed by atoms with Crippen LogP contribution in [0.3, 0.4) is 0 Å². The third kappa shape index (κ3) is 4.73. The molecule has 1 aliphatic rings. The lowest BCUT2D eigenvalue weighted by atomic mass is 9.86. The Labute approximate surface area is 176 Å². The quantitative estimate of drug-likeness (QED) is 0.752. The number of nitrogens with one attached hydrogen (secondary N) is 1. The van der Waals surface area contributed by atoms with Crippen molar-refractivity contribution in [3.63, 3.8) is 0 Å². The maximum absolute atomic E-state index is 12.9. The summed E-state index contributed by atoms with van der Waals surface area (Å²) in [6.45, 7) is 4.28. The minimum Gasteiger partial charge on any atom is -0.350 e. The Morgan fingerprint density at radius 3 is 2.97 bits per heavy atom. The SMILES string of the molecule is [2H]CC(C)(C)[C@H](N)C(=O)N1CCC[C@H]1C(=O)NCc1cc(Cl)ccc1-n1cnnn1. The molecule has 2 heterocycles. The van der Waals surface area contributed by atoms with Crippen LogP contribution in [0.15, 0.2) is 24.5 Å². The normalized spacial score (nSPS) is 18.4. The molecule has 0 spiro atoms. The lowest BCUT2D eigenvalue weighted by molar-refractivity contribution is -0.141. The van der Waals surface area contributed by atoms with Crippen molar-refractivity contribution < 1.29 is 11.0 Å². The van der Waals surface area contributed by atoms with E-state index in [-0.39, 0.29) is 25.3 Å². The van der Waals surface area contributed by atoms with Gasteiger partial charge in [-0.05, 0) is 52.4 Å². The number of carbonyl (C=O) groups excluding carboxylic acids is 2. The van der Waals surface area contributed by atoms with E-state index >= 15 is 0 Å². The summed E-state index contributed by atoms with van der Waals surface area (Å²) < 4.78 is 9.13. The Bertz CT molecular complexity index is 906. The Kier molecular flexibility index (Phi) is 5.77. The molecule has 29 heavy (non-hydrogen) atoms. The lowest BCUT2D eigenvalue weighted by Crippen LogP contribution is -2.54. The van der Waals surface area contributed by atoms with E-state index in [1.54, 1.807) is 32.0 Å². The van der Waals surface area contributed by atoms with Crippen LogP contribution in [0.4, 0.5) is 0 Å². The van der Waals surface area contributed by atoms with Crippen molar-refractivity contribution in [2.24, 2.45) is 11.1 Å². The predicted octanol–water partition coefficient (Wildman–Crippen LogP) is 1.30. The zero-order valence-electron chi connectivity index (χ0n) is 17.5. The van der Waals surface area contributed by atoms with Gasteiger partial charge in [-0.3, -0.25) is 9.59 Å². The molecule has 0 saturated carbocycles. The van der Waals surface area contributed by atoms with Gasteiger partial charge in [-0.25, -0.2) is 4.68 Å². The van der Waals surface area contributed by atoms with Gasteiger partial charge in [0.2, 0.25) is 11.8 Å². The number of halogens is 1. The first-order chi connectivity index (χ1) is 14.2. The number of aromatic nitrogens is 4. The molecule has 0 bridgehead atoms. The smallest absolute Gasteiger partial charge is 0.243 e. The first-order valence-electron chi connectivity index (χ1n) is 10.1. The molecule has 2 aromatic rings. The molecule has 3 rings (SSSR count). The van der Waals surface area contributed by atoms with Crippen LogP contribution in [0.5, 0.6) is 0 Å². The number of nitrogens with two attached hydrogens (primary N) is 1. The highest BCUT2D eigenvalue weighted by molar-refractivity contribution is 6.30. The highest BCUT2D eigenvalue weighted by Gasteiger charge is 2.39. The van der Waals surface area contributed by atoms with Gasteiger partial charge < -0.3 is 16.0 Å². The van der Waals surface area contributed by atoms with Gasteiger partial charge in [0.25, 0.3) is 0 Å². The molecule has 1 fully saturated rings. The predicted molar refractivity (Wildman–Crippen MR) is 108 cm³/mol. The molecule has 3 N–H and O–H groups in total. The monoisotopic (exact) mass is 420 g/mol. The van der Waals surface area contributed by atoms with Gasteiger partial charge in [-0.1, -0.05) is 32.3 Å². The third-order valence-electron chi connectivity index (χ3n) is 5.04. The third-order valence-corrected chi connectivity index (χ3v) is 5.27. The summed E-state index contributed by atoms with van der Waals surface area (Å²) in [7, 11) is 0. The van der Waals surface area contributed by atoms with E-state index in [9.17, 15) is 9.59 Å². The number of carbonyl (C=O) groups is 2. The summed E-state index contributed by atoms with van der Waals surface area (Å²) >= 11 is 6.12. The molecule has 2 amide bonds. The molecule has 2 atom stereocenters. The number of hydrogen-bond donors (Lipinski definition) is 2. The number of benzene rings is 1. The molecule has 1 aromatic carbocycles. The molecular formula is C19H26ClN7O2. The zero-order valence-corrected chi connectivity index (χ0v) is 17.3. The molecule has 10 heteroatoms. The fourth-order valence-electron chi connectivity index (χ4n) is 3.31. The molecule has 0 radical (unpaired) electrons. The van der Waals surface area contributed by atoms with Crippen molar-refractivity contribution >= 4 is 23.4 Å². The van der Waals surface area contributed by atoms with E-state index < -0.39 is 17.5 Å². The van der Waals surface area contributed by atoms with Gasteiger partial charge in [0.1, 0.15) is 12.4 Å². The summed E-state index contributed by atoms with van der Waals surface area (Å²) in [4.78, 5) is 27.3. The van der Waals surface area contributed by atoms with E-state index in [1.807, 2.05) is 0 Å². The van der Waals surface area contributed by atoms with E-state index in [0.29, 0.717) is 23.7 Å². The molecule has 0 aliphatic carbocycles. The summed E-state index contributed by atoms with van der Waals surface area (Å²) in [5, 5.41) is 14.6. The average Bonchev–Trinajstić information content (AvgIpc) is 3.43. The van der Waals surface area contributed by atoms with E-state index in [4.69, 9.17) is 18.7 Å². The van der Waals surface area contributed by atoms with E-state index in [0.717, 1.165) is 12.0 Å². The van der Waals surface area contributed by atoms with E-state index in [1.165, 1.54) is 15.9 Å². The summed E-state index contributed by atoms with van der Waals surface area (Å²) in [5.41, 5.74) is 6.90. The summed E-state index contributed by atoms with van der Waals surface area (Å²) in [5.74, 6) is -0.540. The van der Waals surface area contributed by atoms with Crippen LogP contribution in [-0.4, -0.2) is 55.5 Å². The lowest BCUT2D eigenvalue weighted by Gasteiger charge is -2.32. The molecule has 1 aliphatic heterocycles. The molecule has 156 valence electrons. The first kappa shape index (κ1) is 19.8. The molecule has 0 unspecified atom stereocenters. The second-order valence-electron chi connectivity index (χ2n) is 7.90. The molecular weight excluding hydrogens is 394 g/mol. The maximum atomic E-state index is 12.9. The van der Waals surface area contributed by atoms with Gasteiger partial charge in [-0.15, -0.1) is 5.10 Å². The van der Waals surface area contributed by atoms with Crippen LogP contribution in [0.2, 0.25) is 5.02 Å². The van der Waals surface area contributed by atoms with Crippen LogP contribution in [0, 0.1) is 5.41 Å². The Morgan fingerprint density at radius 2 is 2.28 bits per heavy atom. The zero-order chi connectivity index (χ0) is 21.9. The van der Waals surface area contributed by atoms with Crippen molar-refractivity contribution in [2.45, 2.75) is 52.2 Å². The Balaban J connectivity index is 1.71. The van der Waals surface area contributed by atoms with Crippen molar-refractivity contribution in [1.29, 1.82) is 0 Å². The highest BCUT2D eigenvalue weighted by atomic mass is 35.5.